The van der Waals surface area contributed by atoms with Gasteiger partial charge in [0.2, 0.25) is 0 Å². The van der Waals surface area contributed by atoms with Crippen molar-refractivity contribution >= 4 is 17.6 Å². The van der Waals surface area contributed by atoms with E-state index in [1.54, 1.807) is 31.2 Å². The fraction of sp³-hybridized carbons (Fsp3) is 0.278. The van der Waals surface area contributed by atoms with Crippen LogP contribution in [-0.4, -0.2) is 18.0 Å². The molecule has 0 spiro atoms. The van der Waals surface area contributed by atoms with Crippen molar-refractivity contribution < 1.29 is 18.7 Å². The van der Waals surface area contributed by atoms with Crippen LogP contribution < -0.4 is 4.74 Å². The van der Waals surface area contributed by atoms with Crippen molar-refractivity contribution in [3.8, 4) is 5.75 Å². The Morgan fingerprint density at radius 3 is 2.57 bits per heavy atom. The van der Waals surface area contributed by atoms with Crippen LogP contribution >= 0.6 is 11.6 Å². The highest BCUT2D eigenvalue weighted by atomic mass is 35.5. The van der Waals surface area contributed by atoms with Crippen LogP contribution in [0, 0.1) is 5.82 Å². The number of hydrogen-bond acceptors (Lipinski definition) is 3. The SMILES string of the molecule is CCOC(=O)C(Cl)Cc1ccc(OCc2cccc(F)c2)cc1. The molecule has 0 fully saturated rings. The van der Waals surface area contributed by atoms with Gasteiger partial charge in [0, 0.05) is 0 Å². The Morgan fingerprint density at radius 2 is 1.91 bits per heavy atom. The average Bonchev–Trinajstić information content (AvgIpc) is 2.54. The lowest BCUT2D eigenvalue weighted by Crippen LogP contribution is -2.20. The summed E-state index contributed by atoms with van der Waals surface area (Å²) >= 11 is 6.00. The van der Waals surface area contributed by atoms with Crippen LogP contribution in [0.15, 0.2) is 48.5 Å². The first-order chi connectivity index (χ1) is 11.1. The number of esters is 1. The van der Waals surface area contributed by atoms with E-state index in [1.165, 1.54) is 12.1 Å². The smallest absolute Gasteiger partial charge is 0.324 e. The lowest BCUT2D eigenvalue weighted by atomic mass is 10.1. The van der Waals surface area contributed by atoms with Crippen molar-refractivity contribution in [2.75, 3.05) is 6.61 Å². The zero-order valence-electron chi connectivity index (χ0n) is 12.8. The summed E-state index contributed by atoms with van der Waals surface area (Å²) in [4.78, 5) is 11.5. The van der Waals surface area contributed by atoms with Crippen LogP contribution in [0.1, 0.15) is 18.1 Å². The summed E-state index contributed by atoms with van der Waals surface area (Å²) in [7, 11) is 0. The number of benzene rings is 2. The first-order valence-electron chi connectivity index (χ1n) is 7.35. The van der Waals surface area contributed by atoms with Crippen molar-refractivity contribution in [3.05, 3.63) is 65.5 Å². The van der Waals surface area contributed by atoms with Gasteiger partial charge in [-0.15, -0.1) is 11.6 Å². The Kier molecular flexibility index (Phi) is 6.41. The van der Waals surface area contributed by atoms with Crippen molar-refractivity contribution in [3.63, 3.8) is 0 Å². The maximum atomic E-state index is 13.1. The average molecular weight is 337 g/mol. The highest BCUT2D eigenvalue weighted by molar-refractivity contribution is 6.30. The lowest BCUT2D eigenvalue weighted by molar-refractivity contribution is -0.142. The minimum Gasteiger partial charge on any atom is -0.489 e. The Bertz CT molecular complexity index is 643. The van der Waals surface area contributed by atoms with Gasteiger partial charge in [0.1, 0.15) is 23.6 Å². The number of alkyl halides is 1. The largest absolute Gasteiger partial charge is 0.489 e. The molecule has 0 N–H and O–H groups in total. The van der Waals surface area contributed by atoms with Gasteiger partial charge in [-0.05, 0) is 48.7 Å². The third-order valence-corrected chi connectivity index (χ3v) is 3.51. The minimum atomic E-state index is -0.700. The highest BCUT2D eigenvalue weighted by Gasteiger charge is 2.16. The number of halogens is 2. The van der Waals surface area contributed by atoms with Gasteiger partial charge in [-0.25, -0.2) is 4.39 Å². The summed E-state index contributed by atoms with van der Waals surface area (Å²) in [5.41, 5.74) is 1.67. The zero-order valence-corrected chi connectivity index (χ0v) is 13.6. The predicted molar refractivity (Wildman–Crippen MR) is 87.2 cm³/mol. The van der Waals surface area contributed by atoms with E-state index in [-0.39, 0.29) is 12.4 Å². The van der Waals surface area contributed by atoms with Crippen LogP contribution in [0.3, 0.4) is 0 Å². The molecule has 0 aromatic heterocycles. The van der Waals surface area contributed by atoms with E-state index in [4.69, 9.17) is 21.1 Å². The molecule has 122 valence electrons. The Morgan fingerprint density at radius 1 is 1.17 bits per heavy atom. The molecule has 5 heteroatoms. The summed E-state index contributed by atoms with van der Waals surface area (Å²) in [5.74, 6) is -0.0329. The molecule has 1 unspecified atom stereocenters. The standard InChI is InChI=1S/C18H18ClFO3/c1-2-22-18(21)17(19)11-13-6-8-16(9-7-13)23-12-14-4-3-5-15(20)10-14/h3-10,17H,2,11-12H2,1H3. The monoisotopic (exact) mass is 336 g/mol. The maximum Gasteiger partial charge on any atom is 0.324 e. The van der Waals surface area contributed by atoms with E-state index < -0.39 is 11.3 Å². The molecule has 2 rings (SSSR count). The van der Waals surface area contributed by atoms with E-state index in [1.807, 2.05) is 12.1 Å². The molecule has 0 saturated heterocycles. The van der Waals surface area contributed by atoms with Crippen molar-refractivity contribution in [2.24, 2.45) is 0 Å². The van der Waals surface area contributed by atoms with Crippen LogP contribution in [0.2, 0.25) is 0 Å². The highest BCUT2D eigenvalue weighted by Crippen LogP contribution is 2.17. The van der Waals surface area contributed by atoms with Crippen LogP contribution in [0.4, 0.5) is 4.39 Å². The van der Waals surface area contributed by atoms with E-state index in [0.29, 0.717) is 18.8 Å². The molecular weight excluding hydrogens is 319 g/mol. The maximum absolute atomic E-state index is 13.1. The summed E-state index contributed by atoms with van der Waals surface area (Å²) in [6.07, 6.45) is 0.393. The number of carbonyl (C=O) groups excluding carboxylic acids is 1. The summed E-state index contributed by atoms with van der Waals surface area (Å²) in [5, 5.41) is -0.700. The quantitative estimate of drug-likeness (QED) is 0.563. The molecule has 0 heterocycles. The Balaban J connectivity index is 1.88. The summed E-state index contributed by atoms with van der Waals surface area (Å²) < 4.78 is 23.6. The van der Waals surface area contributed by atoms with Crippen molar-refractivity contribution in [1.29, 1.82) is 0 Å². The number of ether oxygens (including phenoxy) is 2. The van der Waals surface area contributed by atoms with Gasteiger partial charge in [-0.2, -0.15) is 0 Å². The molecule has 0 saturated carbocycles. The second-order valence-corrected chi connectivity index (χ2v) is 5.51. The second kappa shape index (κ2) is 8.53. The van der Waals surface area contributed by atoms with Gasteiger partial charge in [0.05, 0.1) is 6.61 Å². The van der Waals surface area contributed by atoms with Crippen LogP contribution in [0.5, 0.6) is 5.75 Å². The molecular formula is C18H18ClFO3. The first kappa shape index (κ1) is 17.3. The first-order valence-corrected chi connectivity index (χ1v) is 7.79. The molecule has 0 amide bonds. The third kappa shape index (κ3) is 5.57. The topological polar surface area (TPSA) is 35.5 Å². The van der Waals surface area contributed by atoms with Crippen LogP contribution in [-0.2, 0) is 22.6 Å². The minimum absolute atomic E-state index is 0.284. The predicted octanol–water partition coefficient (Wildman–Crippen LogP) is 4.12. The zero-order chi connectivity index (χ0) is 16.7. The lowest BCUT2D eigenvalue weighted by Gasteiger charge is -2.10. The van der Waals surface area contributed by atoms with Gasteiger partial charge in [-0.1, -0.05) is 24.3 Å². The number of carbonyl (C=O) groups is 1. The molecule has 0 aliphatic carbocycles. The number of rotatable bonds is 7. The van der Waals surface area contributed by atoms with Crippen molar-refractivity contribution in [2.45, 2.75) is 25.3 Å². The van der Waals surface area contributed by atoms with E-state index in [0.717, 1.165) is 11.1 Å². The van der Waals surface area contributed by atoms with Gasteiger partial charge < -0.3 is 9.47 Å². The molecule has 2 aromatic rings. The van der Waals surface area contributed by atoms with E-state index in [2.05, 4.69) is 0 Å². The Hall–Kier alpha value is -2.07. The van der Waals surface area contributed by atoms with Gasteiger partial charge in [0.25, 0.3) is 0 Å². The Labute approximate surface area is 140 Å². The number of hydrogen-bond donors (Lipinski definition) is 0. The normalized spacial score (nSPS) is 11.8. The summed E-state index contributed by atoms with van der Waals surface area (Å²) in [6, 6.07) is 13.6. The molecule has 1 atom stereocenters. The van der Waals surface area contributed by atoms with Gasteiger partial charge in [-0.3, -0.25) is 4.79 Å². The van der Waals surface area contributed by atoms with Crippen LogP contribution in [0.25, 0.3) is 0 Å². The molecule has 0 bridgehead atoms. The third-order valence-electron chi connectivity index (χ3n) is 3.18. The van der Waals surface area contributed by atoms with Gasteiger partial charge >= 0.3 is 5.97 Å². The second-order valence-electron chi connectivity index (χ2n) is 4.99. The fourth-order valence-corrected chi connectivity index (χ4v) is 2.28. The molecule has 0 radical (unpaired) electrons. The van der Waals surface area contributed by atoms with Crippen molar-refractivity contribution in [1.82, 2.24) is 0 Å². The van der Waals surface area contributed by atoms with E-state index in [9.17, 15) is 9.18 Å². The van der Waals surface area contributed by atoms with Gasteiger partial charge in [0.15, 0.2) is 0 Å². The molecule has 0 aliphatic rings. The van der Waals surface area contributed by atoms with E-state index >= 15 is 0 Å². The molecule has 23 heavy (non-hydrogen) atoms. The molecule has 2 aromatic carbocycles. The fourth-order valence-electron chi connectivity index (χ4n) is 2.04. The molecule has 3 nitrogen and oxygen atoms in total. The summed E-state index contributed by atoms with van der Waals surface area (Å²) in [6.45, 7) is 2.35. The molecule has 0 aliphatic heterocycles.